The lowest BCUT2D eigenvalue weighted by atomic mass is 10.2. The summed E-state index contributed by atoms with van der Waals surface area (Å²) in [6.07, 6.45) is 0. The summed E-state index contributed by atoms with van der Waals surface area (Å²) in [5.74, 6) is 0. The van der Waals surface area contributed by atoms with Crippen molar-refractivity contribution in [3.05, 3.63) is 34.3 Å². The summed E-state index contributed by atoms with van der Waals surface area (Å²) in [7, 11) is -3.77. The van der Waals surface area contributed by atoms with Gasteiger partial charge >= 0.3 is 0 Å². The first-order chi connectivity index (χ1) is 8.45. The lowest BCUT2D eigenvalue weighted by molar-refractivity contribution is 0.596. The van der Waals surface area contributed by atoms with E-state index in [2.05, 4.69) is 31.4 Å². The van der Waals surface area contributed by atoms with Gasteiger partial charge < -0.3 is 5.32 Å². The molecule has 2 aromatic rings. The van der Waals surface area contributed by atoms with Gasteiger partial charge in [0.05, 0.1) is 0 Å². The van der Waals surface area contributed by atoms with Crippen LogP contribution in [-0.4, -0.2) is 18.6 Å². The number of nitrogens with zero attached hydrogens (tertiary/aromatic N) is 2. The molecule has 9 heteroatoms. The van der Waals surface area contributed by atoms with Gasteiger partial charge in [-0.25, -0.2) is 13.6 Å². The quantitative estimate of drug-likeness (QED) is 0.873. The molecular formula is C9H9BrN4O2S2. The van der Waals surface area contributed by atoms with Crippen molar-refractivity contribution >= 4 is 42.4 Å². The molecule has 1 aromatic carbocycles. The van der Waals surface area contributed by atoms with E-state index in [-0.39, 0.29) is 4.34 Å². The first kappa shape index (κ1) is 13.4. The molecule has 0 saturated carbocycles. The molecule has 0 radical (unpaired) electrons. The fourth-order valence-corrected chi connectivity index (χ4v) is 3.00. The lowest BCUT2D eigenvalue weighted by Gasteiger charge is -2.02. The van der Waals surface area contributed by atoms with Crippen molar-refractivity contribution in [1.29, 1.82) is 0 Å². The maximum atomic E-state index is 11.0. The molecule has 0 atom stereocenters. The molecule has 0 aliphatic carbocycles. The van der Waals surface area contributed by atoms with Gasteiger partial charge in [0.2, 0.25) is 9.47 Å². The molecule has 0 unspecified atom stereocenters. The zero-order valence-electron chi connectivity index (χ0n) is 9.00. The van der Waals surface area contributed by atoms with Gasteiger partial charge in [-0.05, 0) is 17.7 Å². The Bertz CT molecular complexity index is 656. The van der Waals surface area contributed by atoms with Crippen LogP contribution >= 0.6 is 27.3 Å². The van der Waals surface area contributed by atoms with E-state index in [0.717, 1.165) is 21.4 Å². The predicted octanol–water partition coefficient (Wildman–Crippen LogP) is 1.56. The summed E-state index contributed by atoms with van der Waals surface area (Å²) in [6.45, 7) is 0.526. The minimum Gasteiger partial charge on any atom is -0.356 e. The Kier molecular flexibility index (Phi) is 3.95. The van der Waals surface area contributed by atoms with Crippen LogP contribution in [0.4, 0.5) is 5.13 Å². The number of nitrogens with one attached hydrogen (secondary N) is 1. The highest BCUT2D eigenvalue weighted by Gasteiger charge is 2.14. The zero-order valence-corrected chi connectivity index (χ0v) is 12.2. The number of rotatable bonds is 4. The van der Waals surface area contributed by atoms with Crippen LogP contribution in [0, 0.1) is 0 Å². The Morgan fingerprint density at radius 2 is 2.17 bits per heavy atom. The van der Waals surface area contributed by atoms with E-state index in [4.69, 9.17) is 5.14 Å². The fraction of sp³-hybridized carbons (Fsp3) is 0.111. The normalized spacial score (nSPS) is 11.4. The summed E-state index contributed by atoms with van der Waals surface area (Å²) in [4.78, 5) is 0. The predicted molar refractivity (Wildman–Crippen MR) is 72.8 cm³/mol. The van der Waals surface area contributed by atoms with Crippen LogP contribution in [0.5, 0.6) is 0 Å². The van der Waals surface area contributed by atoms with Gasteiger partial charge in [-0.15, -0.1) is 10.2 Å². The van der Waals surface area contributed by atoms with Crippen molar-refractivity contribution in [3.8, 4) is 0 Å². The number of nitrogens with two attached hydrogens (primary N) is 1. The topological polar surface area (TPSA) is 98.0 Å². The molecule has 18 heavy (non-hydrogen) atoms. The van der Waals surface area contributed by atoms with Gasteiger partial charge in [0.1, 0.15) is 0 Å². The molecule has 6 nitrogen and oxygen atoms in total. The van der Waals surface area contributed by atoms with E-state index < -0.39 is 10.0 Å². The molecule has 0 saturated heterocycles. The van der Waals surface area contributed by atoms with Gasteiger partial charge in [-0.2, -0.15) is 0 Å². The van der Waals surface area contributed by atoms with Crippen LogP contribution < -0.4 is 10.5 Å². The molecule has 0 aliphatic heterocycles. The molecule has 1 heterocycles. The van der Waals surface area contributed by atoms with E-state index in [1.54, 1.807) is 0 Å². The minimum absolute atomic E-state index is 0.195. The molecule has 0 fully saturated rings. The Balaban J connectivity index is 2.05. The van der Waals surface area contributed by atoms with Crippen molar-refractivity contribution in [2.75, 3.05) is 5.32 Å². The maximum absolute atomic E-state index is 11.0. The van der Waals surface area contributed by atoms with E-state index in [1.165, 1.54) is 0 Å². The van der Waals surface area contributed by atoms with Crippen molar-refractivity contribution in [2.24, 2.45) is 5.14 Å². The number of hydrogen-bond donors (Lipinski definition) is 2. The molecule has 0 spiro atoms. The minimum atomic E-state index is -3.77. The molecule has 2 rings (SSSR count). The summed E-state index contributed by atoms with van der Waals surface area (Å²) in [5, 5.41) is 15.6. The Morgan fingerprint density at radius 3 is 2.78 bits per heavy atom. The molecule has 0 amide bonds. The number of sulfonamides is 1. The molecule has 3 N–H and O–H groups in total. The van der Waals surface area contributed by atoms with Crippen LogP contribution in [0.2, 0.25) is 0 Å². The monoisotopic (exact) mass is 348 g/mol. The number of benzene rings is 1. The van der Waals surface area contributed by atoms with E-state index in [0.29, 0.717) is 11.7 Å². The molecule has 96 valence electrons. The number of halogens is 1. The summed E-state index contributed by atoms with van der Waals surface area (Å²) < 4.78 is 22.8. The van der Waals surface area contributed by atoms with Crippen LogP contribution in [0.15, 0.2) is 33.1 Å². The molecule has 0 aliphatic rings. The van der Waals surface area contributed by atoms with Crippen molar-refractivity contribution in [3.63, 3.8) is 0 Å². The second-order valence-corrected chi connectivity index (χ2v) is 7.03. The average Bonchev–Trinajstić information content (AvgIpc) is 2.74. The van der Waals surface area contributed by atoms with Crippen LogP contribution in [0.1, 0.15) is 5.56 Å². The van der Waals surface area contributed by atoms with E-state index in [1.807, 2.05) is 24.3 Å². The van der Waals surface area contributed by atoms with Crippen LogP contribution in [-0.2, 0) is 16.6 Å². The maximum Gasteiger partial charge on any atom is 0.267 e. The van der Waals surface area contributed by atoms with Crippen molar-refractivity contribution in [1.82, 2.24) is 10.2 Å². The van der Waals surface area contributed by atoms with Gasteiger partial charge in [0.15, 0.2) is 0 Å². The van der Waals surface area contributed by atoms with E-state index in [9.17, 15) is 8.42 Å². The fourth-order valence-electron chi connectivity index (χ4n) is 1.22. The van der Waals surface area contributed by atoms with Gasteiger partial charge in [-0.1, -0.05) is 39.4 Å². The highest BCUT2D eigenvalue weighted by molar-refractivity contribution is 9.10. The largest absolute Gasteiger partial charge is 0.356 e. The standard InChI is InChI=1S/C9H9BrN4O2S2/c10-7-3-1-2-6(4-7)5-12-8-13-14-9(17-8)18(11,15)16/h1-4H,5H2,(H,12,13)(H2,11,15,16). The zero-order chi connectivity index (χ0) is 13.2. The first-order valence-corrected chi connectivity index (χ1v) is 7.95. The molecule has 1 aromatic heterocycles. The number of primary sulfonamides is 1. The number of anilines is 1. The third-order valence-electron chi connectivity index (χ3n) is 1.98. The second kappa shape index (κ2) is 5.31. The first-order valence-electron chi connectivity index (χ1n) is 4.80. The Morgan fingerprint density at radius 1 is 1.39 bits per heavy atom. The summed E-state index contributed by atoms with van der Waals surface area (Å²) >= 11 is 4.27. The summed E-state index contributed by atoms with van der Waals surface area (Å²) in [6, 6.07) is 7.73. The van der Waals surface area contributed by atoms with Crippen LogP contribution in [0.25, 0.3) is 0 Å². The van der Waals surface area contributed by atoms with Gasteiger partial charge in [-0.3, -0.25) is 0 Å². The molecule has 0 bridgehead atoms. The summed E-state index contributed by atoms with van der Waals surface area (Å²) in [5.41, 5.74) is 1.04. The third-order valence-corrected chi connectivity index (χ3v) is 4.67. The average molecular weight is 349 g/mol. The SMILES string of the molecule is NS(=O)(=O)c1nnc(NCc2cccc(Br)c2)s1. The highest BCUT2D eigenvalue weighted by Crippen LogP contribution is 2.19. The van der Waals surface area contributed by atoms with Crippen molar-refractivity contribution < 1.29 is 8.42 Å². The third kappa shape index (κ3) is 3.48. The Hall–Kier alpha value is -1.03. The highest BCUT2D eigenvalue weighted by atomic mass is 79.9. The van der Waals surface area contributed by atoms with Gasteiger partial charge in [0, 0.05) is 11.0 Å². The van der Waals surface area contributed by atoms with E-state index >= 15 is 0 Å². The second-order valence-electron chi connectivity index (χ2n) is 3.40. The Labute approximate surface area is 116 Å². The number of hydrogen-bond acceptors (Lipinski definition) is 6. The van der Waals surface area contributed by atoms with Gasteiger partial charge in [0.25, 0.3) is 10.0 Å². The van der Waals surface area contributed by atoms with Crippen LogP contribution in [0.3, 0.4) is 0 Å². The lowest BCUT2D eigenvalue weighted by Crippen LogP contribution is -2.11. The molecular weight excluding hydrogens is 340 g/mol. The van der Waals surface area contributed by atoms with Crippen molar-refractivity contribution in [2.45, 2.75) is 10.9 Å². The number of aromatic nitrogens is 2. The smallest absolute Gasteiger partial charge is 0.267 e.